The second-order valence-corrected chi connectivity index (χ2v) is 4.45. The van der Waals surface area contributed by atoms with Crippen LogP contribution in [0.1, 0.15) is 12.5 Å². The summed E-state index contributed by atoms with van der Waals surface area (Å²) in [6.07, 6.45) is 1.06. The summed E-state index contributed by atoms with van der Waals surface area (Å²) in [5.41, 5.74) is 7.93. The van der Waals surface area contributed by atoms with E-state index in [4.69, 9.17) is 10.5 Å². The number of nitrogen functional groups attached to an aromatic ring is 1. The first kappa shape index (κ1) is 11.4. The number of hydrogen-bond acceptors (Lipinski definition) is 3. The molecule has 0 aromatic heterocycles. The van der Waals surface area contributed by atoms with Crippen molar-refractivity contribution in [2.24, 2.45) is 0 Å². The zero-order chi connectivity index (χ0) is 11.4. The van der Waals surface area contributed by atoms with Crippen LogP contribution in [-0.4, -0.2) is 37.2 Å². The third-order valence-corrected chi connectivity index (χ3v) is 3.14. The number of benzene rings is 1. The summed E-state index contributed by atoms with van der Waals surface area (Å²) in [7, 11) is 0. The van der Waals surface area contributed by atoms with E-state index < -0.39 is 0 Å². The molecule has 0 radical (unpaired) electrons. The maximum Gasteiger partial charge on any atom is 0.0619 e. The average molecular weight is 220 g/mol. The fraction of sp³-hybridized carbons (Fsp3) is 0.538. The van der Waals surface area contributed by atoms with Crippen molar-refractivity contribution >= 4 is 5.69 Å². The summed E-state index contributed by atoms with van der Waals surface area (Å²) in [6.45, 7) is 6.08. The molecule has 1 saturated heterocycles. The van der Waals surface area contributed by atoms with E-state index in [1.807, 2.05) is 12.1 Å². The minimum atomic E-state index is 0.537. The molecule has 2 rings (SSSR count). The predicted octanol–water partition coefficient (Wildman–Crippen LogP) is 1.53. The molecule has 0 saturated carbocycles. The van der Waals surface area contributed by atoms with Gasteiger partial charge in [-0.2, -0.15) is 0 Å². The molecule has 88 valence electrons. The van der Waals surface area contributed by atoms with Crippen molar-refractivity contribution in [2.45, 2.75) is 19.4 Å². The maximum absolute atomic E-state index is 5.76. The van der Waals surface area contributed by atoms with Crippen LogP contribution in [0.4, 0.5) is 5.69 Å². The molecule has 3 nitrogen and oxygen atoms in total. The van der Waals surface area contributed by atoms with Crippen LogP contribution in [0, 0.1) is 0 Å². The third-order valence-electron chi connectivity index (χ3n) is 3.14. The minimum Gasteiger partial charge on any atom is -0.399 e. The lowest BCUT2D eigenvalue weighted by Gasteiger charge is -2.33. The fourth-order valence-electron chi connectivity index (χ4n) is 2.12. The maximum atomic E-state index is 5.76. The highest BCUT2D eigenvalue weighted by Crippen LogP contribution is 2.10. The highest BCUT2D eigenvalue weighted by atomic mass is 16.5. The lowest BCUT2D eigenvalue weighted by atomic mass is 10.1. The standard InChI is InChI=1S/C13H20N2O/c1-11-10-16-8-7-15(11)6-5-12-3-2-4-13(14)9-12/h2-4,9,11H,5-8,10,14H2,1H3. The SMILES string of the molecule is CC1COCCN1CCc1cccc(N)c1. The lowest BCUT2D eigenvalue weighted by molar-refractivity contribution is 0.000364. The molecule has 1 aliphatic rings. The van der Waals surface area contributed by atoms with Gasteiger partial charge < -0.3 is 10.5 Å². The molecule has 1 aliphatic heterocycles. The molecule has 1 atom stereocenters. The van der Waals surface area contributed by atoms with Gasteiger partial charge in [-0.3, -0.25) is 4.90 Å². The molecular weight excluding hydrogens is 200 g/mol. The third kappa shape index (κ3) is 2.97. The normalized spacial score (nSPS) is 22.2. The molecule has 1 unspecified atom stereocenters. The summed E-state index contributed by atoms with van der Waals surface area (Å²) in [6, 6.07) is 8.69. The summed E-state index contributed by atoms with van der Waals surface area (Å²) in [5.74, 6) is 0. The summed E-state index contributed by atoms with van der Waals surface area (Å²) in [5, 5.41) is 0. The van der Waals surface area contributed by atoms with Gasteiger partial charge in [-0.15, -0.1) is 0 Å². The summed E-state index contributed by atoms with van der Waals surface area (Å²) < 4.78 is 5.42. The molecule has 1 aromatic carbocycles. The molecule has 1 aromatic rings. The Bertz CT molecular complexity index is 340. The predicted molar refractivity (Wildman–Crippen MR) is 66.4 cm³/mol. The van der Waals surface area contributed by atoms with Gasteiger partial charge in [0.25, 0.3) is 0 Å². The lowest BCUT2D eigenvalue weighted by Crippen LogP contribution is -2.44. The van der Waals surface area contributed by atoms with E-state index in [-0.39, 0.29) is 0 Å². The topological polar surface area (TPSA) is 38.5 Å². The van der Waals surface area contributed by atoms with E-state index in [0.717, 1.165) is 38.4 Å². The van der Waals surface area contributed by atoms with E-state index in [1.165, 1.54) is 5.56 Å². The van der Waals surface area contributed by atoms with Gasteiger partial charge in [0.1, 0.15) is 0 Å². The Morgan fingerprint density at radius 3 is 3.12 bits per heavy atom. The second-order valence-electron chi connectivity index (χ2n) is 4.45. The molecule has 0 spiro atoms. The van der Waals surface area contributed by atoms with Crippen molar-refractivity contribution < 1.29 is 4.74 Å². The molecule has 0 bridgehead atoms. The van der Waals surface area contributed by atoms with Gasteiger partial charge in [-0.05, 0) is 31.0 Å². The van der Waals surface area contributed by atoms with Gasteiger partial charge in [-0.1, -0.05) is 12.1 Å². The largest absolute Gasteiger partial charge is 0.399 e. The van der Waals surface area contributed by atoms with Crippen LogP contribution < -0.4 is 5.73 Å². The average Bonchev–Trinajstić information content (AvgIpc) is 2.28. The smallest absolute Gasteiger partial charge is 0.0619 e. The van der Waals surface area contributed by atoms with Crippen LogP contribution >= 0.6 is 0 Å². The Labute approximate surface area is 97.2 Å². The van der Waals surface area contributed by atoms with Crippen molar-refractivity contribution in [3.8, 4) is 0 Å². The minimum absolute atomic E-state index is 0.537. The first-order chi connectivity index (χ1) is 7.75. The van der Waals surface area contributed by atoms with Crippen LogP contribution in [-0.2, 0) is 11.2 Å². The molecule has 0 amide bonds. The van der Waals surface area contributed by atoms with Gasteiger partial charge in [0.2, 0.25) is 0 Å². The van der Waals surface area contributed by atoms with Crippen LogP contribution in [0.3, 0.4) is 0 Å². The van der Waals surface area contributed by atoms with E-state index in [2.05, 4.69) is 24.0 Å². The van der Waals surface area contributed by atoms with E-state index in [9.17, 15) is 0 Å². The molecule has 1 fully saturated rings. The molecular formula is C13H20N2O. The Hall–Kier alpha value is -1.06. The van der Waals surface area contributed by atoms with Gasteiger partial charge in [0, 0.05) is 24.8 Å². The number of nitrogens with zero attached hydrogens (tertiary/aromatic N) is 1. The Kier molecular flexibility index (Phi) is 3.80. The van der Waals surface area contributed by atoms with E-state index in [0.29, 0.717) is 6.04 Å². The fourth-order valence-corrected chi connectivity index (χ4v) is 2.12. The Morgan fingerprint density at radius 1 is 1.50 bits per heavy atom. The first-order valence-corrected chi connectivity index (χ1v) is 5.92. The van der Waals surface area contributed by atoms with Gasteiger partial charge >= 0.3 is 0 Å². The van der Waals surface area contributed by atoms with Crippen molar-refractivity contribution in [2.75, 3.05) is 32.0 Å². The van der Waals surface area contributed by atoms with Crippen molar-refractivity contribution in [1.82, 2.24) is 4.90 Å². The van der Waals surface area contributed by atoms with Crippen molar-refractivity contribution in [3.63, 3.8) is 0 Å². The van der Waals surface area contributed by atoms with Gasteiger partial charge in [-0.25, -0.2) is 0 Å². The van der Waals surface area contributed by atoms with Crippen molar-refractivity contribution in [1.29, 1.82) is 0 Å². The van der Waals surface area contributed by atoms with Crippen LogP contribution in [0.2, 0.25) is 0 Å². The van der Waals surface area contributed by atoms with Crippen LogP contribution in [0.15, 0.2) is 24.3 Å². The Balaban J connectivity index is 1.86. The van der Waals surface area contributed by atoms with E-state index in [1.54, 1.807) is 0 Å². The zero-order valence-corrected chi connectivity index (χ0v) is 9.86. The molecule has 2 N–H and O–H groups in total. The highest BCUT2D eigenvalue weighted by molar-refractivity contribution is 5.40. The second kappa shape index (κ2) is 5.32. The highest BCUT2D eigenvalue weighted by Gasteiger charge is 2.17. The van der Waals surface area contributed by atoms with Gasteiger partial charge in [0.15, 0.2) is 0 Å². The number of hydrogen-bond donors (Lipinski definition) is 1. The monoisotopic (exact) mass is 220 g/mol. The quantitative estimate of drug-likeness (QED) is 0.785. The number of anilines is 1. The number of morpholine rings is 1. The number of ether oxygens (including phenoxy) is 1. The van der Waals surface area contributed by atoms with Crippen LogP contribution in [0.25, 0.3) is 0 Å². The van der Waals surface area contributed by atoms with Crippen molar-refractivity contribution in [3.05, 3.63) is 29.8 Å². The van der Waals surface area contributed by atoms with E-state index >= 15 is 0 Å². The molecule has 1 heterocycles. The molecule has 16 heavy (non-hydrogen) atoms. The number of nitrogens with two attached hydrogens (primary N) is 1. The number of rotatable bonds is 3. The molecule has 3 heteroatoms. The summed E-state index contributed by atoms with van der Waals surface area (Å²) >= 11 is 0. The zero-order valence-electron chi connectivity index (χ0n) is 9.86. The van der Waals surface area contributed by atoms with Crippen LogP contribution in [0.5, 0.6) is 0 Å². The summed E-state index contributed by atoms with van der Waals surface area (Å²) in [4.78, 5) is 2.48. The molecule has 0 aliphatic carbocycles. The first-order valence-electron chi connectivity index (χ1n) is 5.92. The Morgan fingerprint density at radius 2 is 2.38 bits per heavy atom. The van der Waals surface area contributed by atoms with Gasteiger partial charge in [0.05, 0.1) is 13.2 Å².